The van der Waals surface area contributed by atoms with Crippen LogP contribution in [0.2, 0.25) is 0 Å². The molecular weight excluding hydrogens is 306 g/mol. The van der Waals surface area contributed by atoms with E-state index in [0.29, 0.717) is 13.1 Å². The predicted molar refractivity (Wildman–Crippen MR) is 93.2 cm³/mol. The van der Waals surface area contributed by atoms with Gasteiger partial charge < -0.3 is 4.90 Å². The van der Waals surface area contributed by atoms with Crippen molar-refractivity contribution in [3.05, 3.63) is 57.3 Å². The Morgan fingerprint density at radius 1 is 1.00 bits per heavy atom. The van der Waals surface area contributed by atoms with Crippen LogP contribution >= 0.6 is 11.3 Å². The zero-order chi connectivity index (χ0) is 16.4. The van der Waals surface area contributed by atoms with Crippen molar-refractivity contribution in [3.63, 3.8) is 0 Å². The number of amides is 1. The van der Waals surface area contributed by atoms with Crippen LogP contribution in [0.25, 0.3) is 0 Å². The first kappa shape index (κ1) is 15.9. The van der Waals surface area contributed by atoms with Gasteiger partial charge in [0.1, 0.15) is 0 Å². The molecule has 1 aliphatic heterocycles. The average Bonchev–Trinajstić information content (AvgIpc) is 3.01. The number of aryl methyl sites for hydroxylation is 2. The van der Waals surface area contributed by atoms with Gasteiger partial charge in [-0.1, -0.05) is 29.8 Å². The van der Waals surface area contributed by atoms with E-state index in [9.17, 15) is 9.59 Å². The molecule has 1 saturated heterocycles. The number of nitrogens with zero attached hydrogens (tertiary/aromatic N) is 1. The van der Waals surface area contributed by atoms with Crippen molar-refractivity contribution in [1.29, 1.82) is 0 Å². The van der Waals surface area contributed by atoms with Gasteiger partial charge in [0.05, 0.1) is 4.88 Å². The molecule has 0 radical (unpaired) electrons. The van der Waals surface area contributed by atoms with Gasteiger partial charge in [0, 0.05) is 29.4 Å². The molecule has 0 saturated carbocycles. The van der Waals surface area contributed by atoms with Gasteiger partial charge in [-0.05, 0) is 38.8 Å². The monoisotopic (exact) mass is 327 g/mol. The van der Waals surface area contributed by atoms with Crippen molar-refractivity contribution in [3.8, 4) is 0 Å². The summed E-state index contributed by atoms with van der Waals surface area (Å²) in [6.07, 6.45) is 1.51. The second kappa shape index (κ2) is 6.67. The van der Waals surface area contributed by atoms with Crippen LogP contribution in [0.3, 0.4) is 0 Å². The van der Waals surface area contributed by atoms with Crippen LogP contribution in [-0.4, -0.2) is 29.7 Å². The number of rotatable bonds is 3. The summed E-state index contributed by atoms with van der Waals surface area (Å²) in [7, 11) is 0. The summed E-state index contributed by atoms with van der Waals surface area (Å²) in [5.74, 6) is 0.347. The van der Waals surface area contributed by atoms with Gasteiger partial charge >= 0.3 is 0 Å². The van der Waals surface area contributed by atoms with Crippen molar-refractivity contribution >= 4 is 23.0 Å². The molecule has 0 bridgehead atoms. The third-order valence-electron chi connectivity index (χ3n) is 4.44. The average molecular weight is 327 g/mol. The standard InChI is InChI=1S/C19H21NO2S/c1-13-3-6-15(7-4-13)18(21)16-9-11-20(12-10-16)19(22)17-8-5-14(2)23-17/h3-8,16H,9-12H2,1-2H3. The molecule has 4 heteroatoms. The van der Waals surface area contributed by atoms with Crippen LogP contribution in [0.15, 0.2) is 36.4 Å². The van der Waals surface area contributed by atoms with E-state index in [4.69, 9.17) is 0 Å². The van der Waals surface area contributed by atoms with Crippen LogP contribution in [0, 0.1) is 19.8 Å². The van der Waals surface area contributed by atoms with E-state index in [0.717, 1.165) is 33.7 Å². The maximum atomic E-state index is 12.6. The van der Waals surface area contributed by atoms with Gasteiger partial charge in [0.15, 0.2) is 5.78 Å². The lowest BCUT2D eigenvalue weighted by molar-refractivity contribution is 0.0654. The molecule has 0 aliphatic carbocycles. The zero-order valence-corrected chi connectivity index (χ0v) is 14.4. The maximum Gasteiger partial charge on any atom is 0.263 e. The highest BCUT2D eigenvalue weighted by atomic mass is 32.1. The lowest BCUT2D eigenvalue weighted by atomic mass is 9.88. The highest BCUT2D eigenvalue weighted by molar-refractivity contribution is 7.13. The Morgan fingerprint density at radius 3 is 2.22 bits per heavy atom. The molecule has 23 heavy (non-hydrogen) atoms. The lowest BCUT2D eigenvalue weighted by Gasteiger charge is -2.31. The van der Waals surface area contributed by atoms with Gasteiger partial charge in [0.2, 0.25) is 0 Å². The smallest absolute Gasteiger partial charge is 0.263 e. The normalized spacial score (nSPS) is 15.7. The van der Waals surface area contributed by atoms with E-state index in [1.807, 2.05) is 55.1 Å². The first-order valence-electron chi connectivity index (χ1n) is 8.01. The van der Waals surface area contributed by atoms with Gasteiger partial charge in [-0.15, -0.1) is 11.3 Å². The van der Waals surface area contributed by atoms with Crippen LogP contribution in [-0.2, 0) is 0 Å². The summed E-state index contributed by atoms with van der Waals surface area (Å²) in [5.41, 5.74) is 1.95. The van der Waals surface area contributed by atoms with Gasteiger partial charge in [0.25, 0.3) is 5.91 Å². The number of piperidine rings is 1. The number of ketones is 1. The van der Waals surface area contributed by atoms with Crippen molar-refractivity contribution in [2.75, 3.05) is 13.1 Å². The number of hydrogen-bond acceptors (Lipinski definition) is 3. The number of carbonyl (C=O) groups excluding carboxylic acids is 2. The molecule has 2 aromatic rings. The first-order chi connectivity index (χ1) is 11.0. The fourth-order valence-corrected chi connectivity index (χ4v) is 3.84. The maximum absolute atomic E-state index is 12.6. The SMILES string of the molecule is Cc1ccc(C(=O)C2CCN(C(=O)c3ccc(C)s3)CC2)cc1. The summed E-state index contributed by atoms with van der Waals surface area (Å²) >= 11 is 1.54. The number of Topliss-reactive ketones (excluding diaryl/α,β-unsaturated/α-hetero) is 1. The molecule has 1 aromatic carbocycles. The van der Waals surface area contributed by atoms with E-state index in [1.54, 1.807) is 0 Å². The summed E-state index contributed by atoms with van der Waals surface area (Å²) in [6, 6.07) is 11.6. The summed E-state index contributed by atoms with van der Waals surface area (Å²) in [5, 5.41) is 0. The van der Waals surface area contributed by atoms with Gasteiger partial charge in [-0.25, -0.2) is 0 Å². The van der Waals surface area contributed by atoms with E-state index in [2.05, 4.69) is 0 Å². The molecule has 1 aromatic heterocycles. The molecule has 3 nitrogen and oxygen atoms in total. The third-order valence-corrected chi connectivity index (χ3v) is 5.43. The van der Waals surface area contributed by atoms with Crippen molar-refractivity contribution in [1.82, 2.24) is 4.90 Å². The molecule has 3 rings (SSSR count). The minimum atomic E-state index is 0.0341. The Morgan fingerprint density at radius 2 is 1.65 bits per heavy atom. The van der Waals surface area contributed by atoms with Crippen molar-refractivity contribution < 1.29 is 9.59 Å². The predicted octanol–water partition coefficient (Wildman–Crippen LogP) is 4.10. The number of thiophene rings is 1. The Balaban J connectivity index is 1.61. The van der Waals surface area contributed by atoms with Gasteiger partial charge in [-0.3, -0.25) is 9.59 Å². The van der Waals surface area contributed by atoms with Crippen LogP contribution in [0.4, 0.5) is 0 Å². The number of carbonyl (C=O) groups is 2. The molecule has 1 fully saturated rings. The highest BCUT2D eigenvalue weighted by Crippen LogP contribution is 2.25. The quantitative estimate of drug-likeness (QED) is 0.796. The molecule has 0 unspecified atom stereocenters. The molecule has 0 N–H and O–H groups in total. The number of likely N-dealkylation sites (tertiary alicyclic amines) is 1. The molecular formula is C19H21NO2S. The number of hydrogen-bond donors (Lipinski definition) is 0. The molecule has 1 amide bonds. The second-order valence-electron chi connectivity index (χ2n) is 6.21. The van der Waals surface area contributed by atoms with Crippen molar-refractivity contribution in [2.24, 2.45) is 5.92 Å². The van der Waals surface area contributed by atoms with E-state index < -0.39 is 0 Å². The van der Waals surface area contributed by atoms with E-state index in [-0.39, 0.29) is 17.6 Å². The third kappa shape index (κ3) is 3.53. The minimum Gasteiger partial charge on any atom is -0.338 e. The van der Waals surface area contributed by atoms with Gasteiger partial charge in [-0.2, -0.15) is 0 Å². The van der Waals surface area contributed by atoms with E-state index >= 15 is 0 Å². The largest absolute Gasteiger partial charge is 0.338 e. The fraction of sp³-hybridized carbons (Fsp3) is 0.368. The Kier molecular flexibility index (Phi) is 4.62. The Bertz CT molecular complexity index is 709. The molecule has 2 heterocycles. The Labute approximate surface area is 140 Å². The van der Waals surface area contributed by atoms with Crippen LogP contribution in [0.1, 0.15) is 43.3 Å². The van der Waals surface area contributed by atoms with Crippen molar-refractivity contribution in [2.45, 2.75) is 26.7 Å². The summed E-state index contributed by atoms with van der Waals surface area (Å²) < 4.78 is 0. The molecule has 120 valence electrons. The second-order valence-corrected chi connectivity index (χ2v) is 7.49. The Hall–Kier alpha value is -1.94. The van der Waals surface area contributed by atoms with Crippen LogP contribution < -0.4 is 0 Å². The van der Waals surface area contributed by atoms with E-state index in [1.165, 1.54) is 11.3 Å². The molecule has 0 atom stereocenters. The lowest BCUT2D eigenvalue weighted by Crippen LogP contribution is -2.40. The summed E-state index contributed by atoms with van der Waals surface area (Å²) in [4.78, 5) is 28.8. The highest BCUT2D eigenvalue weighted by Gasteiger charge is 2.28. The number of benzene rings is 1. The molecule has 0 spiro atoms. The summed E-state index contributed by atoms with van der Waals surface area (Å²) in [6.45, 7) is 5.36. The first-order valence-corrected chi connectivity index (χ1v) is 8.83. The zero-order valence-electron chi connectivity index (χ0n) is 13.5. The topological polar surface area (TPSA) is 37.4 Å². The molecule has 1 aliphatic rings. The van der Waals surface area contributed by atoms with Crippen LogP contribution in [0.5, 0.6) is 0 Å². The minimum absolute atomic E-state index is 0.0341. The fourth-order valence-electron chi connectivity index (χ4n) is 3.00.